The maximum Gasteiger partial charge on any atom is 0.0602 e. The molecule has 1 aromatic heterocycles. The van der Waals surface area contributed by atoms with Gasteiger partial charge in [-0.25, -0.2) is 0 Å². The first-order valence-corrected chi connectivity index (χ1v) is 7.69. The van der Waals surface area contributed by atoms with Crippen molar-refractivity contribution in [3.05, 3.63) is 63.0 Å². The Morgan fingerprint density at radius 1 is 1.26 bits per heavy atom. The smallest absolute Gasteiger partial charge is 0.0602 e. The van der Waals surface area contributed by atoms with Crippen LogP contribution in [0.15, 0.2) is 42.7 Å². The third-order valence-electron chi connectivity index (χ3n) is 3.04. The van der Waals surface area contributed by atoms with Gasteiger partial charge in [-0.3, -0.25) is 4.98 Å². The average molecular weight is 366 g/mol. The molecule has 1 atom stereocenters. The number of rotatable bonds is 5. The van der Waals surface area contributed by atoms with E-state index in [1.54, 1.807) is 0 Å². The molecule has 1 N–H and O–H groups in total. The molecular weight excluding hydrogens is 347 g/mol. The minimum Gasteiger partial charge on any atom is -0.306 e. The Labute approximate surface area is 128 Å². The summed E-state index contributed by atoms with van der Waals surface area (Å²) in [7, 11) is 0. The zero-order chi connectivity index (χ0) is 13.7. The zero-order valence-electron chi connectivity index (χ0n) is 11.4. The molecule has 0 saturated heterocycles. The molecule has 19 heavy (non-hydrogen) atoms. The molecule has 1 heterocycles. The van der Waals surface area contributed by atoms with Crippen molar-refractivity contribution >= 4 is 22.6 Å². The zero-order valence-corrected chi connectivity index (χ0v) is 13.5. The summed E-state index contributed by atoms with van der Waals surface area (Å²) < 4.78 is 1.29. The molecule has 0 fully saturated rings. The van der Waals surface area contributed by atoms with Crippen LogP contribution < -0.4 is 5.32 Å². The van der Waals surface area contributed by atoms with E-state index in [2.05, 4.69) is 77.1 Å². The first-order valence-electron chi connectivity index (χ1n) is 6.61. The third kappa shape index (κ3) is 3.76. The van der Waals surface area contributed by atoms with E-state index in [0.717, 1.165) is 13.0 Å². The van der Waals surface area contributed by atoms with Crippen molar-refractivity contribution in [1.82, 2.24) is 10.3 Å². The topological polar surface area (TPSA) is 24.9 Å². The molecule has 1 aromatic carbocycles. The molecule has 1 unspecified atom stereocenters. The lowest BCUT2D eigenvalue weighted by Gasteiger charge is -2.21. The molecule has 0 aliphatic heterocycles. The summed E-state index contributed by atoms with van der Waals surface area (Å²) in [5, 5.41) is 3.63. The van der Waals surface area contributed by atoms with E-state index in [1.807, 2.05) is 12.4 Å². The lowest BCUT2D eigenvalue weighted by Crippen LogP contribution is -2.24. The summed E-state index contributed by atoms with van der Waals surface area (Å²) in [5.41, 5.74) is 3.76. The average Bonchev–Trinajstić information content (AvgIpc) is 2.41. The van der Waals surface area contributed by atoms with Gasteiger partial charge in [0.15, 0.2) is 0 Å². The van der Waals surface area contributed by atoms with Crippen LogP contribution in [0.25, 0.3) is 0 Å². The monoisotopic (exact) mass is 366 g/mol. The van der Waals surface area contributed by atoms with Crippen molar-refractivity contribution in [3.8, 4) is 0 Å². The third-order valence-corrected chi connectivity index (χ3v) is 4.03. The molecule has 100 valence electrons. The highest BCUT2D eigenvalue weighted by molar-refractivity contribution is 14.1. The van der Waals surface area contributed by atoms with Gasteiger partial charge in [0.05, 0.1) is 6.04 Å². The highest BCUT2D eigenvalue weighted by Gasteiger charge is 2.16. The number of aromatic nitrogens is 1. The van der Waals surface area contributed by atoms with E-state index in [0.29, 0.717) is 0 Å². The number of hydrogen-bond donors (Lipinski definition) is 1. The summed E-state index contributed by atoms with van der Waals surface area (Å²) in [5.74, 6) is 0. The summed E-state index contributed by atoms with van der Waals surface area (Å²) >= 11 is 2.40. The largest absolute Gasteiger partial charge is 0.306 e. The van der Waals surface area contributed by atoms with Gasteiger partial charge in [-0.15, -0.1) is 0 Å². The molecule has 0 spiro atoms. The standard InChI is InChI=1S/C16H19IN2/c1-3-8-19-16(13-9-12(2)10-18-11-13)14-6-4-5-7-15(14)17/h4-7,9-11,16,19H,3,8H2,1-2H3. The van der Waals surface area contributed by atoms with Crippen LogP contribution in [0.5, 0.6) is 0 Å². The first-order chi connectivity index (χ1) is 9.22. The number of halogens is 1. The van der Waals surface area contributed by atoms with Gasteiger partial charge in [0, 0.05) is 16.0 Å². The minimum absolute atomic E-state index is 0.223. The Morgan fingerprint density at radius 2 is 2.05 bits per heavy atom. The molecular formula is C16H19IN2. The van der Waals surface area contributed by atoms with Gasteiger partial charge in [0.25, 0.3) is 0 Å². The molecule has 0 amide bonds. The molecule has 0 saturated carbocycles. The molecule has 2 nitrogen and oxygen atoms in total. The van der Waals surface area contributed by atoms with E-state index < -0.39 is 0 Å². The van der Waals surface area contributed by atoms with Crippen molar-refractivity contribution < 1.29 is 0 Å². The second kappa shape index (κ2) is 7.01. The Morgan fingerprint density at radius 3 is 2.74 bits per heavy atom. The summed E-state index contributed by atoms with van der Waals surface area (Å²) in [6.07, 6.45) is 4.99. The van der Waals surface area contributed by atoms with Gasteiger partial charge in [0.2, 0.25) is 0 Å². The summed E-state index contributed by atoms with van der Waals surface area (Å²) in [6.45, 7) is 5.28. The molecule has 0 aliphatic carbocycles. The number of aryl methyl sites for hydroxylation is 1. The second-order valence-corrected chi connectivity index (χ2v) is 5.87. The summed E-state index contributed by atoms with van der Waals surface area (Å²) in [6, 6.07) is 11.0. The molecule has 0 radical (unpaired) electrons. The van der Waals surface area contributed by atoms with Crippen LogP contribution in [-0.4, -0.2) is 11.5 Å². The maximum atomic E-state index is 4.33. The number of nitrogens with zero attached hydrogens (tertiary/aromatic N) is 1. The predicted octanol–water partition coefficient (Wildman–Crippen LogP) is 4.08. The predicted molar refractivity (Wildman–Crippen MR) is 88.3 cm³/mol. The minimum atomic E-state index is 0.223. The lowest BCUT2D eigenvalue weighted by molar-refractivity contribution is 0.595. The van der Waals surface area contributed by atoms with Gasteiger partial charge in [-0.2, -0.15) is 0 Å². The van der Waals surface area contributed by atoms with Gasteiger partial charge in [0.1, 0.15) is 0 Å². The fourth-order valence-corrected chi connectivity index (χ4v) is 2.84. The van der Waals surface area contributed by atoms with Crippen molar-refractivity contribution in [2.75, 3.05) is 6.54 Å². The molecule has 3 heteroatoms. The van der Waals surface area contributed by atoms with Crippen LogP contribution in [0.2, 0.25) is 0 Å². The SMILES string of the molecule is CCCNC(c1cncc(C)c1)c1ccccc1I. The van der Waals surface area contributed by atoms with Crippen LogP contribution in [0.4, 0.5) is 0 Å². The summed E-state index contributed by atoms with van der Waals surface area (Å²) in [4.78, 5) is 4.33. The number of nitrogens with one attached hydrogen (secondary N) is 1. The van der Waals surface area contributed by atoms with Crippen LogP contribution >= 0.6 is 22.6 Å². The fourth-order valence-electron chi connectivity index (χ4n) is 2.14. The Kier molecular flexibility index (Phi) is 5.34. The van der Waals surface area contributed by atoms with Crippen molar-refractivity contribution in [1.29, 1.82) is 0 Å². The van der Waals surface area contributed by atoms with E-state index in [4.69, 9.17) is 0 Å². The lowest BCUT2D eigenvalue weighted by atomic mass is 9.99. The Balaban J connectivity index is 2.38. The maximum absolute atomic E-state index is 4.33. The van der Waals surface area contributed by atoms with E-state index in [9.17, 15) is 0 Å². The fraction of sp³-hybridized carbons (Fsp3) is 0.312. The Bertz CT molecular complexity index is 540. The van der Waals surface area contributed by atoms with Crippen LogP contribution in [-0.2, 0) is 0 Å². The number of pyridine rings is 1. The van der Waals surface area contributed by atoms with E-state index in [1.165, 1.54) is 20.3 Å². The Hall–Kier alpha value is -0.940. The van der Waals surface area contributed by atoms with Gasteiger partial charge in [-0.05, 0) is 65.2 Å². The normalized spacial score (nSPS) is 12.4. The van der Waals surface area contributed by atoms with Crippen molar-refractivity contribution in [2.24, 2.45) is 0 Å². The molecule has 0 bridgehead atoms. The second-order valence-electron chi connectivity index (χ2n) is 4.70. The highest BCUT2D eigenvalue weighted by atomic mass is 127. The van der Waals surface area contributed by atoms with Crippen LogP contribution in [0.3, 0.4) is 0 Å². The number of hydrogen-bond acceptors (Lipinski definition) is 2. The quantitative estimate of drug-likeness (QED) is 0.807. The van der Waals surface area contributed by atoms with Crippen LogP contribution in [0.1, 0.15) is 36.1 Å². The van der Waals surface area contributed by atoms with Gasteiger partial charge in [-0.1, -0.05) is 31.2 Å². The van der Waals surface area contributed by atoms with Crippen molar-refractivity contribution in [2.45, 2.75) is 26.3 Å². The van der Waals surface area contributed by atoms with E-state index in [-0.39, 0.29) is 6.04 Å². The highest BCUT2D eigenvalue weighted by Crippen LogP contribution is 2.26. The first kappa shape index (κ1) is 14.5. The van der Waals surface area contributed by atoms with E-state index >= 15 is 0 Å². The van der Waals surface area contributed by atoms with Gasteiger partial charge >= 0.3 is 0 Å². The van der Waals surface area contributed by atoms with Gasteiger partial charge < -0.3 is 5.32 Å². The molecule has 2 rings (SSSR count). The molecule has 2 aromatic rings. The van der Waals surface area contributed by atoms with Crippen molar-refractivity contribution in [3.63, 3.8) is 0 Å². The number of benzene rings is 1. The van der Waals surface area contributed by atoms with Crippen LogP contribution in [0, 0.1) is 10.5 Å². The molecule has 0 aliphatic rings.